The van der Waals surface area contributed by atoms with Gasteiger partial charge in [0.25, 0.3) is 5.91 Å². The van der Waals surface area contributed by atoms with Gasteiger partial charge in [-0.05, 0) is 41.5 Å². The van der Waals surface area contributed by atoms with Gasteiger partial charge in [0.15, 0.2) is 0 Å². The molecular formula is C17H15N3O3S. The van der Waals surface area contributed by atoms with E-state index in [2.05, 4.69) is 14.1 Å². The minimum absolute atomic E-state index is 0.145. The predicted molar refractivity (Wildman–Crippen MR) is 90.3 cm³/mol. The maximum absolute atomic E-state index is 12.2. The van der Waals surface area contributed by atoms with E-state index in [1.807, 2.05) is 18.2 Å². The summed E-state index contributed by atoms with van der Waals surface area (Å²) in [6, 6.07) is 10.8. The molecule has 24 heavy (non-hydrogen) atoms. The number of fused-ring (bicyclic) bond motifs is 2. The van der Waals surface area contributed by atoms with E-state index >= 15 is 0 Å². The molecule has 1 aliphatic heterocycles. The first-order valence-corrected chi connectivity index (χ1v) is 8.38. The lowest BCUT2D eigenvalue weighted by molar-refractivity contribution is 0.0916. The maximum Gasteiger partial charge on any atom is 0.251 e. The Kier molecular flexibility index (Phi) is 3.87. The summed E-state index contributed by atoms with van der Waals surface area (Å²) in [6.07, 6.45) is 0.0914. The van der Waals surface area contributed by atoms with Gasteiger partial charge in [0.05, 0.1) is 24.4 Å². The number of aliphatic hydroxyl groups excluding tert-OH is 1. The number of hydrogen-bond donors (Lipinski definition) is 2. The molecule has 6 nitrogen and oxygen atoms in total. The summed E-state index contributed by atoms with van der Waals surface area (Å²) >= 11 is 1.12. The number of hydrogen-bond acceptors (Lipinski definition) is 6. The van der Waals surface area contributed by atoms with Gasteiger partial charge in [-0.25, -0.2) is 0 Å². The van der Waals surface area contributed by atoms with Crippen molar-refractivity contribution in [1.82, 2.24) is 14.1 Å². The Balaban J connectivity index is 1.42. The quantitative estimate of drug-likeness (QED) is 0.759. The Hall–Kier alpha value is -2.51. The second-order valence-electron chi connectivity index (χ2n) is 5.66. The van der Waals surface area contributed by atoms with Gasteiger partial charge >= 0.3 is 0 Å². The third kappa shape index (κ3) is 2.83. The number of aromatic nitrogens is 2. The molecule has 0 bridgehead atoms. The van der Waals surface area contributed by atoms with Crippen LogP contribution < -0.4 is 10.1 Å². The summed E-state index contributed by atoms with van der Waals surface area (Å²) in [5.41, 5.74) is 3.85. The molecule has 7 heteroatoms. The second-order valence-corrected chi connectivity index (χ2v) is 6.19. The average molecular weight is 341 g/mol. The number of benzene rings is 2. The van der Waals surface area contributed by atoms with Crippen molar-refractivity contribution in [2.75, 3.05) is 13.2 Å². The molecule has 2 aromatic carbocycles. The summed E-state index contributed by atoms with van der Waals surface area (Å²) in [5.74, 6) is 0.633. The van der Waals surface area contributed by atoms with Crippen LogP contribution in [0.25, 0.3) is 11.0 Å². The molecule has 1 aliphatic rings. The minimum Gasteiger partial charge on any atom is -0.493 e. The summed E-state index contributed by atoms with van der Waals surface area (Å²) in [7, 11) is 0. The number of rotatable bonds is 4. The lowest BCUT2D eigenvalue weighted by atomic mass is 10.0. The van der Waals surface area contributed by atoms with Gasteiger partial charge in [-0.2, -0.15) is 8.75 Å². The van der Waals surface area contributed by atoms with Crippen molar-refractivity contribution < 1.29 is 14.6 Å². The number of nitrogens with one attached hydrogen (secondary N) is 1. The fourth-order valence-electron chi connectivity index (χ4n) is 2.75. The topological polar surface area (TPSA) is 84.3 Å². The zero-order valence-corrected chi connectivity index (χ0v) is 13.5. The Morgan fingerprint density at radius 3 is 3.04 bits per heavy atom. The Morgan fingerprint density at radius 1 is 1.25 bits per heavy atom. The van der Waals surface area contributed by atoms with Crippen LogP contribution in [0.1, 0.15) is 27.6 Å². The van der Waals surface area contributed by atoms with Crippen LogP contribution in [0.4, 0.5) is 0 Å². The molecule has 1 aromatic heterocycles. The highest BCUT2D eigenvalue weighted by atomic mass is 32.1. The molecule has 0 fully saturated rings. The molecule has 0 aliphatic carbocycles. The Morgan fingerprint density at radius 2 is 2.12 bits per heavy atom. The normalized spacial score (nSPS) is 14.2. The van der Waals surface area contributed by atoms with Crippen LogP contribution in [0.15, 0.2) is 36.4 Å². The number of carbonyl (C=O) groups excluding carboxylic acids is 1. The molecular weight excluding hydrogens is 326 g/mol. The van der Waals surface area contributed by atoms with Crippen LogP contribution in [0.5, 0.6) is 5.75 Å². The van der Waals surface area contributed by atoms with Crippen LogP contribution >= 0.6 is 11.7 Å². The lowest BCUT2D eigenvalue weighted by Gasteiger charge is -2.13. The summed E-state index contributed by atoms with van der Waals surface area (Å²) in [4.78, 5) is 12.2. The first-order chi connectivity index (χ1) is 11.7. The third-order valence-corrected chi connectivity index (χ3v) is 4.63. The fourth-order valence-corrected chi connectivity index (χ4v) is 3.26. The van der Waals surface area contributed by atoms with Crippen LogP contribution in [0.3, 0.4) is 0 Å². The van der Waals surface area contributed by atoms with Gasteiger partial charge in [0, 0.05) is 18.5 Å². The van der Waals surface area contributed by atoms with E-state index in [-0.39, 0.29) is 12.5 Å². The molecule has 0 saturated heterocycles. The minimum atomic E-state index is -0.760. The van der Waals surface area contributed by atoms with Gasteiger partial charge in [-0.3, -0.25) is 4.79 Å². The molecule has 3 aromatic rings. The van der Waals surface area contributed by atoms with Crippen LogP contribution in [0, 0.1) is 0 Å². The number of nitrogens with zero attached hydrogens (tertiary/aromatic N) is 2. The van der Waals surface area contributed by atoms with E-state index < -0.39 is 6.10 Å². The third-order valence-electron chi connectivity index (χ3n) is 4.07. The maximum atomic E-state index is 12.2. The average Bonchev–Trinajstić information content (AvgIpc) is 3.26. The monoisotopic (exact) mass is 341 g/mol. The fraction of sp³-hybridized carbons (Fsp3) is 0.235. The molecule has 1 amide bonds. The zero-order chi connectivity index (χ0) is 16.5. The van der Waals surface area contributed by atoms with E-state index in [1.54, 1.807) is 18.2 Å². The van der Waals surface area contributed by atoms with Gasteiger partial charge in [0.1, 0.15) is 16.8 Å². The van der Waals surface area contributed by atoms with Crippen molar-refractivity contribution in [3.8, 4) is 5.75 Å². The molecule has 2 N–H and O–H groups in total. The highest BCUT2D eigenvalue weighted by Crippen LogP contribution is 2.28. The SMILES string of the molecule is O=C(NCC(O)c1ccc2c(c1)CCO2)c1ccc2nsnc2c1. The van der Waals surface area contributed by atoms with E-state index in [1.165, 1.54) is 0 Å². The number of amides is 1. The summed E-state index contributed by atoms with van der Waals surface area (Å²) < 4.78 is 13.7. The molecule has 0 spiro atoms. The van der Waals surface area contributed by atoms with Gasteiger partial charge < -0.3 is 15.2 Å². The highest BCUT2D eigenvalue weighted by molar-refractivity contribution is 7.00. The molecule has 122 valence electrons. The van der Waals surface area contributed by atoms with Crippen LogP contribution in [-0.2, 0) is 6.42 Å². The number of ether oxygens (including phenoxy) is 1. The highest BCUT2D eigenvalue weighted by Gasteiger charge is 2.16. The predicted octanol–water partition coefficient (Wildman–Crippen LogP) is 2.09. The van der Waals surface area contributed by atoms with E-state index in [9.17, 15) is 9.90 Å². The molecule has 1 atom stereocenters. The van der Waals surface area contributed by atoms with Gasteiger partial charge in [0.2, 0.25) is 0 Å². The Labute approximate surface area is 142 Å². The van der Waals surface area contributed by atoms with Crippen molar-refractivity contribution in [2.45, 2.75) is 12.5 Å². The van der Waals surface area contributed by atoms with Crippen molar-refractivity contribution in [3.05, 3.63) is 53.1 Å². The van der Waals surface area contributed by atoms with Gasteiger partial charge in [-0.1, -0.05) is 6.07 Å². The van der Waals surface area contributed by atoms with Crippen molar-refractivity contribution >= 4 is 28.7 Å². The van der Waals surface area contributed by atoms with E-state index in [0.717, 1.165) is 40.5 Å². The van der Waals surface area contributed by atoms with Crippen molar-refractivity contribution in [3.63, 3.8) is 0 Å². The molecule has 4 rings (SSSR count). The summed E-state index contributed by atoms with van der Waals surface area (Å²) in [6.45, 7) is 0.825. The van der Waals surface area contributed by atoms with E-state index in [4.69, 9.17) is 4.74 Å². The largest absolute Gasteiger partial charge is 0.493 e. The second kappa shape index (κ2) is 6.18. The number of aliphatic hydroxyl groups is 1. The van der Waals surface area contributed by atoms with Crippen LogP contribution in [0.2, 0.25) is 0 Å². The first kappa shape index (κ1) is 15.0. The van der Waals surface area contributed by atoms with Crippen molar-refractivity contribution in [1.29, 1.82) is 0 Å². The summed E-state index contributed by atoms with van der Waals surface area (Å²) in [5, 5.41) is 13.1. The van der Waals surface area contributed by atoms with Gasteiger partial charge in [-0.15, -0.1) is 0 Å². The molecule has 1 unspecified atom stereocenters. The zero-order valence-electron chi connectivity index (χ0n) is 12.7. The smallest absolute Gasteiger partial charge is 0.251 e. The first-order valence-electron chi connectivity index (χ1n) is 7.65. The molecule has 0 saturated carbocycles. The molecule has 2 heterocycles. The van der Waals surface area contributed by atoms with Crippen molar-refractivity contribution in [2.24, 2.45) is 0 Å². The standard InChI is InChI=1S/C17H15N3O3S/c21-15(10-2-4-16-11(7-10)5-6-23-16)9-18-17(22)12-1-3-13-14(8-12)20-24-19-13/h1-4,7-8,15,21H,5-6,9H2,(H,18,22). The van der Waals surface area contributed by atoms with E-state index in [0.29, 0.717) is 17.7 Å². The molecule has 0 radical (unpaired) electrons. The number of carbonyl (C=O) groups is 1. The van der Waals surface area contributed by atoms with Crippen LogP contribution in [-0.4, -0.2) is 32.9 Å². The lowest BCUT2D eigenvalue weighted by Crippen LogP contribution is -2.28. The Bertz CT molecular complexity index is 909.